The molecule has 1 N–H and O–H groups in total. The highest BCUT2D eigenvalue weighted by Gasteiger charge is 2.15. The molecule has 1 aromatic heterocycles. The second-order valence-electron chi connectivity index (χ2n) is 3.59. The number of amides is 1. The molecule has 2 rings (SSSR count). The number of hydrogen-bond donors (Lipinski definition) is 1. The molecule has 1 amide bonds. The van der Waals surface area contributed by atoms with Crippen molar-refractivity contribution in [3.63, 3.8) is 0 Å². The summed E-state index contributed by atoms with van der Waals surface area (Å²) in [7, 11) is 1.46. The number of nitrogens with one attached hydrogen (secondary N) is 1. The Kier molecular flexibility index (Phi) is 3.74. The number of carbonyl (C=O) groups is 1. The number of anilines is 1. The van der Waals surface area contributed by atoms with Crippen molar-refractivity contribution < 1.29 is 13.9 Å². The molecule has 0 saturated carbocycles. The summed E-state index contributed by atoms with van der Waals surface area (Å²) in [5, 5.41) is 11.5. The lowest BCUT2D eigenvalue weighted by atomic mass is 10.2. The predicted octanol–water partition coefficient (Wildman–Crippen LogP) is 3.07. The Hall–Kier alpha value is -2.45. The van der Waals surface area contributed by atoms with Gasteiger partial charge in [0.2, 0.25) is 5.22 Å². The zero-order valence-electron chi connectivity index (χ0n) is 9.94. The van der Waals surface area contributed by atoms with E-state index in [1.165, 1.54) is 25.5 Å². The summed E-state index contributed by atoms with van der Waals surface area (Å²) in [6, 6.07) is 8.16. The quantitative estimate of drug-likeness (QED) is 0.935. The summed E-state index contributed by atoms with van der Waals surface area (Å²) < 4.78 is 9.96. The molecular formula is C13H9ClN2O3. The molecule has 0 radical (unpaired) electrons. The number of nitrogens with zero attached hydrogens (tertiary/aromatic N) is 1. The fourth-order valence-electron chi connectivity index (χ4n) is 1.51. The first-order chi connectivity index (χ1) is 9.15. The predicted molar refractivity (Wildman–Crippen MR) is 69.4 cm³/mol. The van der Waals surface area contributed by atoms with Crippen molar-refractivity contribution in [1.29, 1.82) is 5.26 Å². The van der Waals surface area contributed by atoms with Crippen LogP contribution in [-0.4, -0.2) is 13.0 Å². The maximum Gasteiger partial charge on any atom is 0.260 e. The first-order valence-corrected chi connectivity index (χ1v) is 5.66. The lowest BCUT2D eigenvalue weighted by Gasteiger charge is -2.09. The van der Waals surface area contributed by atoms with Crippen LogP contribution in [0.25, 0.3) is 0 Å². The molecular weight excluding hydrogens is 268 g/mol. The van der Waals surface area contributed by atoms with Gasteiger partial charge in [0.05, 0.1) is 36.3 Å². The van der Waals surface area contributed by atoms with Gasteiger partial charge in [-0.2, -0.15) is 5.26 Å². The van der Waals surface area contributed by atoms with E-state index in [4.69, 9.17) is 26.0 Å². The van der Waals surface area contributed by atoms with Crippen molar-refractivity contribution in [1.82, 2.24) is 0 Å². The maximum atomic E-state index is 11.9. The summed E-state index contributed by atoms with van der Waals surface area (Å²) in [6.45, 7) is 0. The van der Waals surface area contributed by atoms with E-state index in [0.29, 0.717) is 17.0 Å². The van der Waals surface area contributed by atoms with Crippen LogP contribution < -0.4 is 10.1 Å². The van der Waals surface area contributed by atoms with Crippen LogP contribution in [0.15, 0.2) is 34.9 Å². The summed E-state index contributed by atoms with van der Waals surface area (Å²) in [5.41, 5.74) is 1.12. The highest BCUT2D eigenvalue weighted by atomic mass is 35.5. The maximum absolute atomic E-state index is 11.9. The topological polar surface area (TPSA) is 75.3 Å². The van der Waals surface area contributed by atoms with Crippen LogP contribution in [0.1, 0.15) is 15.9 Å². The molecule has 0 aliphatic rings. The van der Waals surface area contributed by atoms with Gasteiger partial charge in [0.1, 0.15) is 5.75 Å². The molecule has 19 heavy (non-hydrogen) atoms. The monoisotopic (exact) mass is 276 g/mol. The number of halogens is 1. The Balaban J connectivity index is 2.27. The Labute approximate surface area is 114 Å². The second-order valence-corrected chi connectivity index (χ2v) is 3.93. The Morgan fingerprint density at radius 3 is 2.84 bits per heavy atom. The van der Waals surface area contributed by atoms with Gasteiger partial charge >= 0.3 is 0 Å². The largest absolute Gasteiger partial charge is 0.495 e. The fourth-order valence-corrected chi connectivity index (χ4v) is 1.71. The second kappa shape index (κ2) is 5.46. The van der Waals surface area contributed by atoms with Crippen molar-refractivity contribution in [2.24, 2.45) is 0 Å². The van der Waals surface area contributed by atoms with Crippen LogP contribution in [0, 0.1) is 11.3 Å². The van der Waals surface area contributed by atoms with Crippen molar-refractivity contribution >= 4 is 23.2 Å². The van der Waals surface area contributed by atoms with E-state index >= 15 is 0 Å². The number of hydrogen-bond acceptors (Lipinski definition) is 4. The first-order valence-electron chi connectivity index (χ1n) is 5.28. The normalized spacial score (nSPS) is 9.74. The summed E-state index contributed by atoms with van der Waals surface area (Å²) >= 11 is 5.72. The van der Waals surface area contributed by atoms with E-state index in [0.717, 1.165) is 0 Å². The van der Waals surface area contributed by atoms with Crippen molar-refractivity contribution in [3.8, 4) is 11.8 Å². The smallest absolute Gasteiger partial charge is 0.260 e. The summed E-state index contributed by atoms with van der Waals surface area (Å²) in [5.74, 6) is -0.0197. The number of furan rings is 1. The van der Waals surface area contributed by atoms with Crippen molar-refractivity contribution in [3.05, 3.63) is 46.9 Å². The highest BCUT2D eigenvalue weighted by Crippen LogP contribution is 2.27. The van der Waals surface area contributed by atoms with Crippen LogP contribution in [-0.2, 0) is 0 Å². The van der Waals surface area contributed by atoms with Crippen molar-refractivity contribution in [2.75, 3.05) is 12.4 Å². The average molecular weight is 277 g/mol. The fraction of sp³-hybridized carbons (Fsp3) is 0.0769. The molecule has 0 fully saturated rings. The standard InChI is InChI=1S/C13H9ClN2O3/c1-18-11-6-8(7-15)2-3-10(11)16-13(17)9-4-5-19-12(9)14/h2-6H,1H3,(H,16,17). The van der Waals surface area contributed by atoms with E-state index in [9.17, 15) is 4.79 Å². The minimum atomic E-state index is -0.415. The van der Waals surface area contributed by atoms with Gasteiger partial charge in [-0.15, -0.1) is 0 Å². The highest BCUT2D eigenvalue weighted by molar-refractivity contribution is 6.32. The molecule has 96 valence electrons. The van der Waals surface area contributed by atoms with Gasteiger partial charge < -0.3 is 14.5 Å². The molecule has 0 aliphatic heterocycles. The van der Waals surface area contributed by atoms with Crippen LogP contribution in [0.3, 0.4) is 0 Å². The third-order valence-electron chi connectivity index (χ3n) is 2.44. The molecule has 6 heteroatoms. The van der Waals surface area contributed by atoms with Crippen LogP contribution >= 0.6 is 11.6 Å². The van der Waals surface area contributed by atoms with Crippen LogP contribution in [0.5, 0.6) is 5.75 Å². The van der Waals surface area contributed by atoms with E-state index in [2.05, 4.69) is 5.32 Å². The lowest BCUT2D eigenvalue weighted by Crippen LogP contribution is -2.12. The molecule has 0 spiro atoms. The Morgan fingerprint density at radius 2 is 2.26 bits per heavy atom. The third kappa shape index (κ3) is 2.69. The van der Waals surface area contributed by atoms with Gasteiger partial charge in [-0.1, -0.05) is 0 Å². The minimum absolute atomic E-state index is 0.0186. The van der Waals surface area contributed by atoms with Gasteiger partial charge in [0.25, 0.3) is 5.91 Å². The lowest BCUT2D eigenvalue weighted by molar-refractivity contribution is 0.102. The zero-order valence-corrected chi connectivity index (χ0v) is 10.7. The molecule has 0 atom stereocenters. The van der Waals surface area contributed by atoms with Crippen LogP contribution in [0.2, 0.25) is 5.22 Å². The van der Waals surface area contributed by atoms with Gasteiger partial charge in [-0.3, -0.25) is 4.79 Å². The SMILES string of the molecule is COc1cc(C#N)ccc1NC(=O)c1ccoc1Cl. The minimum Gasteiger partial charge on any atom is -0.495 e. The van der Waals surface area contributed by atoms with E-state index in [-0.39, 0.29) is 10.8 Å². The molecule has 0 bridgehead atoms. The molecule has 1 aromatic carbocycles. The van der Waals surface area contributed by atoms with Gasteiger partial charge in [0, 0.05) is 6.07 Å². The van der Waals surface area contributed by atoms with Gasteiger partial charge in [-0.05, 0) is 29.8 Å². The summed E-state index contributed by atoms with van der Waals surface area (Å²) in [4.78, 5) is 11.9. The van der Waals surface area contributed by atoms with Crippen molar-refractivity contribution in [2.45, 2.75) is 0 Å². The third-order valence-corrected chi connectivity index (χ3v) is 2.73. The van der Waals surface area contributed by atoms with Gasteiger partial charge in [-0.25, -0.2) is 0 Å². The zero-order chi connectivity index (χ0) is 13.8. The Bertz CT molecular complexity index is 658. The van der Waals surface area contributed by atoms with Crippen LogP contribution in [0.4, 0.5) is 5.69 Å². The first kappa shape index (κ1) is 13.0. The number of carbonyl (C=O) groups excluding carboxylic acids is 1. The van der Waals surface area contributed by atoms with E-state index < -0.39 is 5.91 Å². The number of ether oxygens (including phenoxy) is 1. The van der Waals surface area contributed by atoms with E-state index in [1.807, 2.05) is 6.07 Å². The number of rotatable bonds is 3. The molecule has 5 nitrogen and oxygen atoms in total. The number of benzene rings is 1. The van der Waals surface area contributed by atoms with Gasteiger partial charge in [0.15, 0.2) is 0 Å². The molecule has 1 heterocycles. The molecule has 2 aromatic rings. The Morgan fingerprint density at radius 1 is 1.47 bits per heavy atom. The molecule has 0 unspecified atom stereocenters. The molecule has 0 aliphatic carbocycles. The number of nitriles is 1. The number of methoxy groups -OCH3 is 1. The average Bonchev–Trinajstić information content (AvgIpc) is 2.85. The van der Waals surface area contributed by atoms with E-state index in [1.54, 1.807) is 12.1 Å². The molecule has 0 saturated heterocycles. The summed E-state index contributed by atoms with van der Waals surface area (Å²) in [6.07, 6.45) is 1.33.